The number of aldehydes is 1. The summed E-state index contributed by atoms with van der Waals surface area (Å²) in [5, 5.41) is 3.21. The highest BCUT2D eigenvalue weighted by atomic mass is 32.2. The van der Waals surface area contributed by atoms with Crippen LogP contribution in [0.4, 0.5) is 5.69 Å². The second-order valence-corrected chi connectivity index (χ2v) is 4.59. The van der Waals surface area contributed by atoms with Gasteiger partial charge in [-0.2, -0.15) is 0 Å². The van der Waals surface area contributed by atoms with Crippen molar-refractivity contribution in [2.45, 2.75) is 4.90 Å². The number of carbonyl (C=O) groups is 1. The lowest BCUT2D eigenvalue weighted by Crippen LogP contribution is -1.91. The molecule has 14 heavy (non-hydrogen) atoms. The van der Waals surface area contributed by atoms with E-state index in [1.54, 1.807) is 29.2 Å². The SMILES string of the molecule is CSc1csc2c(N)c(C=O)ccc12. The third-order valence-electron chi connectivity index (χ3n) is 2.13. The van der Waals surface area contributed by atoms with E-state index in [4.69, 9.17) is 5.73 Å². The van der Waals surface area contributed by atoms with Gasteiger partial charge >= 0.3 is 0 Å². The predicted molar refractivity (Wildman–Crippen MR) is 63.4 cm³/mol. The molecule has 0 fully saturated rings. The summed E-state index contributed by atoms with van der Waals surface area (Å²) in [5.74, 6) is 0. The highest BCUT2D eigenvalue weighted by molar-refractivity contribution is 7.99. The van der Waals surface area contributed by atoms with Crippen LogP contribution in [-0.2, 0) is 0 Å². The van der Waals surface area contributed by atoms with Crippen molar-refractivity contribution in [2.24, 2.45) is 0 Å². The second kappa shape index (κ2) is 3.63. The number of thioether (sulfide) groups is 1. The molecule has 0 radical (unpaired) electrons. The van der Waals surface area contributed by atoms with E-state index in [0.29, 0.717) is 11.3 Å². The Morgan fingerprint density at radius 2 is 2.29 bits per heavy atom. The van der Waals surface area contributed by atoms with Gasteiger partial charge in [0.1, 0.15) is 0 Å². The van der Waals surface area contributed by atoms with E-state index < -0.39 is 0 Å². The molecule has 0 atom stereocenters. The summed E-state index contributed by atoms with van der Waals surface area (Å²) in [6, 6.07) is 3.73. The standard InChI is InChI=1S/C10H9NOS2/c1-13-8-5-14-10-7(8)3-2-6(4-12)9(10)11/h2-5H,11H2,1H3. The minimum atomic E-state index is 0.576. The molecule has 2 aromatic rings. The monoisotopic (exact) mass is 223 g/mol. The summed E-state index contributed by atoms with van der Waals surface area (Å²) in [6.45, 7) is 0. The van der Waals surface area contributed by atoms with Crippen LogP contribution in [0.2, 0.25) is 0 Å². The fraction of sp³-hybridized carbons (Fsp3) is 0.100. The molecule has 0 amide bonds. The largest absolute Gasteiger partial charge is 0.397 e. The van der Waals surface area contributed by atoms with E-state index >= 15 is 0 Å². The number of carbonyl (C=O) groups excluding carboxylic acids is 1. The molecule has 0 saturated carbocycles. The van der Waals surface area contributed by atoms with Crippen molar-refractivity contribution in [2.75, 3.05) is 12.0 Å². The summed E-state index contributed by atoms with van der Waals surface area (Å²) >= 11 is 3.28. The molecule has 2 nitrogen and oxygen atoms in total. The first-order valence-electron chi connectivity index (χ1n) is 4.06. The Kier molecular flexibility index (Phi) is 2.48. The van der Waals surface area contributed by atoms with Crippen LogP contribution in [0.3, 0.4) is 0 Å². The van der Waals surface area contributed by atoms with E-state index in [1.807, 2.05) is 12.3 Å². The van der Waals surface area contributed by atoms with Crippen molar-refractivity contribution in [3.63, 3.8) is 0 Å². The number of nitrogen functional groups attached to an aromatic ring is 1. The molecular weight excluding hydrogens is 214 g/mol. The van der Waals surface area contributed by atoms with Crippen LogP contribution in [0.15, 0.2) is 22.4 Å². The molecular formula is C10H9NOS2. The summed E-state index contributed by atoms with van der Waals surface area (Å²) in [4.78, 5) is 11.9. The Balaban J connectivity index is 2.78. The average Bonchev–Trinajstić information content (AvgIpc) is 2.62. The lowest BCUT2D eigenvalue weighted by Gasteiger charge is -2.00. The van der Waals surface area contributed by atoms with E-state index in [1.165, 1.54) is 4.90 Å². The Morgan fingerprint density at radius 3 is 2.93 bits per heavy atom. The Morgan fingerprint density at radius 1 is 1.50 bits per heavy atom. The molecule has 4 heteroatoms. The van der Waals surface area contributed by atoms with Gasteiger partial charge in [-0.25, -0.2) is 0 Å². The van der Waals surface area contributed by atoms with Crippen LogP contribution in [0, 0.1) is 0 Å². The molecule has 1 heterocycles. The summed E-state index contributed by atoms with van der Waals surface area (Å²) < 4.78 is 1.01. The first kappa shape index (κ1) is 9.55. The molecule has 0 unspecified atom stereocenters. The Labute approximate surface area is 90.1 Å². The van der Waals surface area contributed by atoms with Gasteiger partial charge < -0.3 is 5.73 Å². The van der Waals surface area contributed by atoms with E-state index in [-0.39, 0.29) is 0 Å². The molecule has 0 aliphatic carbocycles. The topological polar surface area (TPSA) is 43.1 Å². The maximum absolute atomic E-state index is 10.7. The number of benzene rings is 1. The maximum atomic E-state index is 10.7. The normalized spacial score (nSPS) is 10.6. The zero-order valence-electron chi connectivity index (χ0n) is 7.61. The summed E-state index contributed by atoms with van der Waals surface area (Å²) in [6.07, 6.45) is 2.83. The zero-order chi connectivity index (χ0) is 10.1. The fourth-order valence-electron chi connectivity index (χ4n) is 1.37. The van der Waals surface area contributed by atoms with E-state index in [2.05, 4.69) is 5.38 Å². The number of anilines is 1. The average molecular weight is 223 g/mol. The van der Waals surface area contributed by atoms with E-state index in [9.17, 15) is 4.79 Å². The molecule has 2 rings (SSSR count). The van der Waals surface area contributed by atoms with Gasteiger partial charge in [0.15, 0.2) is 6.29 Å². The third kappa shape index (κ3) is 1.31. The lowest BCUT2D eigenvalue weighted by atomic mass is 10.1. The van der Waals surface area contributed by atoms with Gasteiger partial charge in [-0.1, -0.05) is 6.07 Å². The van der Waals surface area contributed by atoms with Gasteiger partial charge in [0.05, 0.1) is 10.4 Å². The van der Waals surface area contributed by atoms with Gasteiger partial charge in [0, 0.05) is 21.2 Å². The van der Waals surface area contributed by atoms with Crippen LogP contribution in [0.1, 0.15) is 10.4 Å². The summed E-state index contributed by atoms with van der Waals surface area (Å²) in [7, 11) is 0. The molecule has 2 N–H and O–H groups in total. The first-order chi connectivity index (χ1) is 6.77. The quantitative estimate of drug-likeness (QED) is 0.483. The molecule has 0 aliphatic rings. The molecule has 0 saturated heterocycles. The smallest absolute Gasteiger partial charge is 0.152 e. The maximum Gasteiger partial charge on any atom is 0.152 e. The van der Waals surface area contributed by atoms with Crippen molar-refractivity contribution in [1.82, 2.24) is 0 Å². The highest BCUT2D eigenvalue weighted by Crippen LogP contribution is 2.36. The van der Waals surface area contributed by atoms with Gasteiger partial charge in [0.25, 0.3) is 0 Å². The van der Waals surface area contributed by atoms with Crippen LogP contribution < -0.4 is 5.73 Å². The van der Waals surface area contributed by atoms with Gasteiger partial charge in [-0.15, -0.1) is 23.1 Å². The third-order valence-corrected chi connectivity index (χ3v) is 4.08. The van der Waals surface area contributed by atoms with Crippen molar-refractivity contribution >= 4 is 45.2 Å². The van der Waals surface area contributed by atoms with Crippen LogP contribution >= 0.6 is 23.1 Å². The zero-order valence-corrected chi connectivity index (χ0v) is 9.24. The van der Waals surface area contributed by atoms with Crippen molar-refractivity contribution in [1.29, 1.82) is 0 Å². The highest BCUT2D eigenvalue weighted by Gasteiger charge is 2.08. The Bertz CT molecular complexity index is 490. The number of rotatable bonds is 2. The van der Waals surface area contributed by atoms with E-state index in [0.717, 1.165) is 16.4 Å². The van der Waals surface area contributed by atoms with Crippen molar-refractivity contribution < 1.29 is 4.79 Å². The molecule has 1 aromatic carbocycles. The molecule has 0 aliphatic heterocycles. The van der Waals surface area contributed by atoms with Crippen molar-refractivity contribution in [3.05, 3.63) is 23.1 Å². The van der Waals surface area contributed by atoms with Crippen LogP contribution in [0.5, 0.6) is 0 Å². The number of hydrogen-bond acceptors (Lipinski definition) is 4. The van der Waals surface area contributed by atoms with Gasteiger partial charge in [-0.05, 0) is 12.3 Å². The van der Waals surface area contributed by atoms with Crippen LogP contribution in [-0.4, -0.2) is 12.5 Å². The minimum absolute atomic E-state index is 0.576. The van der Waals surface area contributed by atoms with Gasteiger partial charge in [-0.3, -0.25) is 4.79 Å². The Hall–Kier alpha value is -1.00. The van der Waals surface area contributed by atoms with Gasteiger partial charge in [0.2, 0.25) is 0 Å². The molecule has 0 bridgehead atoms. The molecule has 1 aromatic heterocycles. The van der Waals surface area contributed by atoms with Crippen LogP contribution in [0.25, 0.3) is 10.1 Å². The number of hydrogen-bond donors (Lipinski definition) is 1. The second-order valence-electron chi connectivity index (χ2n) is 2.87. The number of thiophene rings is 1. The number of fused-ring (bicyclic) bond motifs is 1. The van der Waals surface area contributed by atoms with Crippen molar-refractivity contribution in [3.8, 4) is 0 Å². The summed E-state index contributed by atoms with van der Waals surface area (Å²) in [5.41, 5.74) is 7.04. The fourth-order valence-corrected chi connectivity index (χ4v) is 3.26. The lowest BCUT2D eigenvalue weighted by molar-refractivity contribution is 0.112. The molecule has 0 spiro atoms. The first-order valence-corrected chi connectivity index (χ1v) is 6.17. The number of nitrogens with two attached hydrogens (primary N) is 1. The predicted octanol–water partition coefficient (Wildman–Crippen LogP) is 3.02. The molecule has 72 valence electrons. The minimum Gasteiger partial charge on any atom is -0.397 e.